The van der Waals surface area contributed by atoms with Gasteiger partial charge in [0.2, 0.25) is 0 Å². The van der Waals surface area contributed by atoms with Gasteiger partial charge >= 0.3 is 5.97 Å². The molecule has 1 aliphatic heterocycles. The number of carbonyl (C=O) groups is 1. The molecule has 5 nitrogen and oxygen atoms in total. The maximum absolute atomic E-state index is 11.0. The Bertz CT molecular complexity index is 436. The maximum Gasteiger partial charge on any atom is 0.325 e. The van der Waals surface area contributed by atoms with Gasteiger partial charge in [-0.25, -0.2) is 0 Å². The third-order valence-corrected chi connectivity index (χ3v) is 2.60. The van der Waals surface area contributed by atoms with Crippen molar-refractivity contribution in [1.29, 1.82) is 0 Å². The highest BCUT2D eigenvalue weighted by atomic mass is 35.5. The van der Waals surface area contributed by atoms with Crippen LogP contribution in [0.2, 0.25) is 5.02 Å². The van der Waals surface area contributed by atoms with Crippen LogP contribution in [0.25, 0.3) is 0 Å². The Kier molecular flexibility index (Phi) is 3.58. The molecule has 0 bridgehead atoms. The number of carbonyl (C=O) groups excluding carboxylic acids is 1. The Hall–Kier alpha value is -1.62. The van der Waals surface area contributed by atoms with Crippen molar-refractivity contribution in [3.05, 3.63) is 17.2 Å². The van der Waals surface area contributed by atoms with Gasteiger partial charge in [0.05, 0.1) is 17.8 Å². The molecule has 1 aromatic rings. The summed E-state index contributed by atoms with van der Waals surface area (Å²) in [7, 11) is 1.33. The molecule has 0 saturated heterocycles. The van der Waals surface area contributed by atoms with Gasteiger partial charge in [0.25, 0.3) is 0 Å². The molecule has 0 spiro atoms. The first-order valence-electron chi connectivity index (χ1n) is 5.10. The molecule has 0 fully saturated rings. The van der Waals surface area contributed by atoms with Crippen LogP contribution in [0.4, 0.5) is 5.69 Å². The molecule has 2 rings (SSSR count). The van der Waals surface area contributed by atoms with Crippen molar-refractivity contribution < 1.29 is 19.0 Å². The molecule has 0 atom stereocenters. The van der Waals surface area contributed by atoms with Crippen molar-refractivity contribution in [3.63, 3.8) is 0 Å². The number of methoxy groups -OCH3 is 1. The molecule has 92 valence electrons. The number of hydrogen-bond donors (Lipinski definition) is 1. The third kappa shape index (κ3) is 2.74. The van der Waals surface area contributed by atoms with Crippen LogP contribution >= 0.6 is 11.6 Å². The minimum absolute atomic E-state index is 0.0515. The first-order chi connectivity index (χ1) is 8.20. The lowest BCUT2D eigenvalue weighted by atomic mass is 10.2. The number of esters is 1. The average Bonchev–Trinajstić information content (AvgIpc) is 2.35. The Morgan fingerprint density at radius 1 is 1.41 bits per heavy atom. The van der Waals surface area contributed by atoms with Gasteiger partial charge in [-0.2, -0.15) is 0 Å². The van der Waals surface area contributed by atoms with E-state index in [1.165, 1.54) is 7.11 Å². The number of benzene rings is 1. The van der Waals surface area contributed by atoms with Crippen LogP contribution in [-0.2, 0) is 9.53 Å². The summed E-state index contributed by atoms with van der Waals surface area (Å²) in [5.74, 6) is 0.869. The molecular weight excluding hydrogens is 246 g/mol. The highest BCUT2D eigenvalue weighted by Gasteiger charge is 2.15. The summed E-state index contributed by atoms with van der Waals surface area (Å²) in [5.41, 5.74) is 0.612. The van der Waals surface area contributed by atoms with Crippen molar-refractivity contribution in [1.82, 2.24) is 0 Å². The van der Waals surface area contributed by atoms with Crippen LogP contribution in [0.1, 0.15) is 0 Å². The largest absolute Gasteiger partial charge is 0.486 e. The van der Waals surface area contributed by atoms with E-state index in [9.17, 15) is 4.79 Å². The van der Waals surface area contributed by atoms with Gasteiger partial charge in [0, 0.05) is 12.1 Å². The van der Waals surface area contributed by atoms with E-state index in [1.807, 2.05) is 0 Å². The molecular formula is C11H12ClNO4. The number of rotatable bonds is 3. The number of fused-ring (bicyclic) bond motifs is 1. The summed E-state index contributed by atoms with van der Waals surface area (Å²) in [4.78, 5) is 11.0. The highest BCUT2D eigenvalue weighted by Crippen LogP contribution is 2.37. The van der Waals surface area contributed by atoms with Gasteiger partial charge in [0.1, 0.15) is 19.8 Å². The number of halogens is 1. The van der Waals surface area contributed by atoms with Gasteiger partial charge in [-0.3, -0.25) is 4.79 Å². The van der Waals surface area contributed by atoms with E-state index in [2.05, 4.69) is 10.1 Å². The summed E-state index contributed by atoms with van der Waals surface area (Å²) < 4.78 is 15.3. The zero-order chi connectivity index (χ0) is 12.3. The van der Waals surface area contributed by atoms with E-state index >= 15 is 0 Å². The number of nitrogens with one attached hydrogen (secondary N) is 1. The van der Waals surface area contributed by atoms with E-state index in [4.69, 9.17) is 21.1 Å². The second kappa shape index (κ2) is 5.14. The molecule has 0 amide bonds. The minimum Gasteiger partial charge on any atom is -0.486 e. The lowest BCUT2D eigenvalue weighted by molar-refractivity contribution is -0.138. The maximum atomic E-state index is 11.0. The Morgan fingerprint density at radius 2 is 2.06 bits per heavy atom. The lowest BCUT2D eigenvalue weighted by Gasteiger charge is -2.20. The standard InChI is InChI=1S/C11H12ClNO4/c1-15-11(14)6-13-8-5-10-9(4-7(8)12)16-2-3-17-10/h4-5,13H,2-3,6H2,1H3. The van der Waals surface area contributed by atoms with Crippen LogP contribution in [0.15, 0.2) is 12.1 Å². The zero-order valence-corrected chi connectivity index (χ0v) is 10.0. The molecule has 0 radical (unpaired) electrons. The first-order valence-corrected chi connectivity index (χ1v) is 5.48. The Labute approximate surface area is 104 Å². The number of hydrogen-bond acceptors (Lipinski definition) is 5. The van der Waals surface area contributed by atoms with Gasteiger partial charge in [0.15, 0.2) is 11.5 Å². The molecule has 0 saturated carbocycles. The molecule has 0 unspecified atom stereocenters. The topological polar surface area (TPSA) is 56.8 Å². The van der Waals surface area contributed by atoms with Crippen LogP contribution in [0, 0.1) is 0 Å². The molecule has 1 aliphatic rings. The molecule has 0 aliphatic carbocycles. The minimum atomic E-state index is -0.365. The fraction of sp³-hybridized carbons (Fsp3) is 0.364. The molecule has 6 heteroatoms. The molecule has 1 heterocycles. The number of anilines is 1. The van der Waals surface area contributed by atoms with E-state index in [0.717, 1.165) is 0 Å². The lowest BCUT2D eigenvalue weighted by Crippen LogP contribution is -2.17. The van der Waals surface area contributed by atoms with Crippen molar-refractivity contribution in [2.24, 2.45) is 0 Å². The summed E-state index contributed by atoms with van der Waals surface area (Å²) in [5, 5.41) is 3.34. The number of ether oxygens (including phenoxy) is 3. The van der Waals surface area contributed by atoms with Gasteiger partial charge in [-0.1, -0.05) is 11.6 Å². The summed E-state index contributed by atoms with van der Waals surface area (Å²) in [6.07, 6.45) is 0. The predicted molar refractivity (Wildman–Crippen MR) is 62.9 cm³/mol. The van der Waals surface area contributed by atoms with Crippen molar-refractivity contribution in [2.75, 3.05) is 32.2 Å². The van der Waals surface area contributed by atoms with Crippen LogP contribution in [0.5, 0.6) is 11.5 Å². The Balaban J connectivity index is 2.14. The average molecular weight is 258 g/mol. The molecule has 1 aromatic carbocycles. The summed E-state index contributed by atoms with van der Waals surface area (Å²) >= 11 is 6.04. The summed E-state index contributed by atoms with van der Waals surface area (Å²) in [6, 6.07) is 3.37. The van der Waals surface area contributed by atoms with E-state index in [0.29, 0.717) is 35.4 Å². The summed E-state index contributed by atoms with van der Waals surface area (Å²) in [6.45, 7) is 1.07. The van der Waals surface area contributed by atoms with E-state index < -0.39 is 0 Å². The third-order valence-electron chi connectivity index (χ3n) is 2.28. The van der Waals surface area contributed by atoms with E-state index in [-0.39, 0.29) is 12.5 Å². The second-order valence-electron chi connectivity index (χ2n) is 3.41. The van der Waals surface area contributed by atoms with Crippen LogP contribution in [-0.4, -0.2) is 32.8 Å². The Morgan fingerprint density at radius 3 is 2.71 bits per heavy atom. The highest BCUT2D eigenvalue weighted by molar-refractivity contribution is 6.33. The van der Waals surface area contributed by atoms with Gasteiger partial charge in [-0.05, 0) is 0 Å². The van der Waals surface area contributed by atoms with E-state index in [1.54, 1.807) is 12.1 Å². The molecule has 0 aromatic heterocycles. The smallest absolute Gasteiger partial charge is 0.325 e. The van der Waals surface area contributed by atoms with Crippen molar-refractivity contribution in [3.8, 4) is 11.5 Å². The first kappa shape index (κ1) is 11.9. The normalized spacial score (nSPS) is 13.1. The zero-order valence-electron chi connectivity index (χ0n) is 9.29. The van der Waals surface area contributed by atoms with Crippen molar-refractivity contribution in [2.45, 2.75) is 0 Å². The SMILES string of the molecule is COC(=O)CNc1cc2c(cc1Cl)OCCO2. The fourth-order valence-corrected chi connectivity index (χ4v) is 1.66. The monoisotopic (exact) mass is 257 g/mol. The van der Waals surface area contributed by atoms with Crippen LogP contribution < -0.4 is 14.8 Å². The van der Waals surface area contributed by atoms with Crippen LogP contribution in [0.3, 0.4) is 0 Å². The molecule has 1 N–H and O–H groups in total. The van der Waals surface area contributed by atoms with Gasteiger partial charge < -0.3 is 19.5 Å². The quantitative estimate of drug-likeness (QED) is 0.836. The van der Waals surface area contributed by atoms with Crippen molar-refractivity contribution >= 4 is 23.3 Å². The predicted octanol–water partition coefficient (Wildman–Crippen LogP) is 1.70. The van der Waals surface area contributed by atoms with Gasteiger partial charge in [-0.15, -0.1) is 0 Å². The fourth-order valence-electron chi connectivity index (χ4n) is 1.44. The second-order valence-corrected chi connectivity index (χ2v) is 3.81. The molecule has 17 heavy (non-hydrogen) atoms.